The van der Waals surface area contributed by atoms with Gasteiger partial charge in [0.15, 0.2) is 5.78 Å². The topological polar surface area (TPSA) is 56.0 Å². The van der Waals surface area contributed by atoms with Crippen LogP contribution in [0.4, 0.5) is 0 Å². The Labute approximate surface area is 82.0 Å². The third kappa shape index (κ3) is 3.24. The van der Waals surface area contributed by atoms with Gasteiger partial charge in [-0.05, 0) is 20.8 Å². The highest BCUT2D eigenvalue weighted by atomic mass is 32.1. The number of nitrogens with zero attached hydrogens (tertiary/aromatic N) is 1. The molecular weight excluding hydrogens is 184 g/mol. The summed E-state index contributed by atoms with van der Waals surface area (Å²) in [6, 6.07) is 0. The van der Waals surface area contributed by atoms with Crippen molar-refractivity contribution in [1.29, 1.82) is 0 Å². The SMILES string of the molecule is Cc1nc(C(=O)CC(C)(C)N)cs1. The number of Topliss-reactive ketones (excluding diaryl/α,β-unsaturated/α-hetero) is 1. The van der Waals surface area contributed by atoms with Crippen LogP contribution in [0.2, 0.25) is 0 Å². The monoisotopic (exact) mass is 198 g/mol. The van der Waals surface area contributed by atoms with Crippen LogP contribution in [0.3, 0.4) is 0 Å². The Morgan fingerprint density at radius 2 is 2.31 bits per heavy atom. The number of aromatic nitrogens is 1. The molecule has 0 bridgehead atoms. The first kappa shape index (κ1) is 10.3. The summed E-state index contributed by atoms with van der Waals surface area (Å²) in [7, 11) is 0. The summed E-state index contributed by atoms with van der Waals surface area (Å²) < 4.78 is 0. The fourth-order valence-electron chi connectivity index (χ4n) is 0.996. The molecule has 72 valence electrons. The van der Waals surface area contributed by atoms with Crippen molar-refractivity contribution < 1.29 is 4.79 Å². The summed E-state index contributed by atoms with van der Waals surface area (Å²) >= 11 is 1.49. The molecule has 0 radical (unpaired) electrons. The summed E-state index contributed by atoms with van der Waals surface area (Å²) in [4.78, 5) is 15.6. The largest absolute Gasteiger partial charge is 0.325 e. The van der Waals surface area contributed by atoms with Crippen molar-refractivity contribution in [3.63, 3.8) is 0 Å². The Morgan fingerprint density at radius 3 is 2.69 bits per heavy atom. The van der Waals surface area contributed by atoms with Gasteiger partial charge in [-0.2, -0.15) is 0 Å². The minimum atomic E-state index is -0.450. The molecule has 4 heteroatoms. The molecule has 2 N–H and O–H groups in total. The Bertz CT molecular complexity index is 312. The highest BCUT2D eigenvalue weighted by Crippen LogP contribution is 2.13. The van der Waals surface area contributed by atoms with Crippen molar-refractivity contribution in [3.8, 4) is 0 Å². The molecule has 0 fully saturated rings. The number of thiazole rings is 1. The number of aryl methyl sites for hydroxylation is 1. The minimum absolute atomic E-state index is 0.0249. The van der Waals surface area contributed by atoms with Crippen LogP contribution in [0.5, 0.6) is 0 Å². The Balaban J connectivity index is 2.70. The molecule has 0 unspecified atom stereocenters. The van der Waals surface area contributed by atoms with Crippen LogP contribution >= 0.6 is 11.3 Å². The van der Waals surface area contributed by atoms with Crippen LogP contribution in [0.15, 0.2) is 5.38 Å². The number of nitrogens with two attached hydrogens (primary N) is 1. The van der Waals surface area contributed by atoms with Gasteiger partial charge in [-0.25, -0.2) is 4.98 Å². The molecule has 1 aromatic heterocycles. The maximum absolute atomic E-state index is 11.5. The molecule has 0 aliphatic heterocycles. The summed E-state index contributed by atoms with van der Waals surface area (Å²) in [5.41, 5.74) is 5.83. The Kier molecular flexibility index (Phi) is 2.83. The quantitative estimate of drug-likeness (QED) is 0.753. The van der Waals surface area contributed by atoms with Gasteiger partial charge in [0.05, 0.1) is 5.01 Å². The average molecular weight is 198 g/mol. The van der Waals surface area contributed by atoms with Gasteiger partial charge in [0.2, 0.25) is 0 Å². The molecule has 13 heavy (non-hydrogen) atoms. The van der Waals surface area contributed by atoms with Crippen molar-refractivity contribution in [2.75, 3.05) is 0 Å². The molecular formula is C9H14N2OS. The van der Waals surface area contributed by atoms with E-state index in [1.54, 1.807) is 5.38 Å². The van der Waals surface area contributed by atoms with Crippen LogP contribution in [-0.2, 0) is 0 Å². The highest BCUT2D eigenvalue weighted by Gasteiger charge is 2.19. The summed E-state index contributed by atoms with van der Waals surface area (Å²) in [5.74, 6) is 0.0249. The van der Waals surface area contributed by atoms with Gasteiger partial charge >= 0.3 is 0 Å². The van der Waals surface area contributed by atoms with Gasteiger partial charge in [0, 0.05) is 17.3 Å². The van der Waals surface area contributed by atoms with E-state index in [-0.39, 0.29) is 5.78 Å². The number of carbonyl (C=O) groups excluding carboxylic acids is 1. The number of hydrogen-bond donors (Lipinski definition) is 1. The van der Waals surface area contributed by atoms with Gasteiger partial charge in [-0.15, -0.1) is 11.3 Å². The summed E-state index contributed by atoms with van der Waals surface area (Å²) in [6.45, 7) is 5.56. The molecule has 0 amide bonds. The standard InChI is InChI=1S/C9H14N2OS/c1-6-11-7(5-13-6)8(12)4-9(2,3)10/h5H,4,10H2,1-3H3. The summed E-state index contributed by atoms with van der Waals surface area (Å²) in [5, 5.41) is 2.70. The van der Waals surface area contributed by atoms with Gasteiger partial charge in [-0.3, -0.25) is 4.79 Å². The lowest BCUT2D eigenvalue weighted by Crippen LogP contribution is -2.34. The molecule has 1 heterocycles. The average Bonchev–Trinajstić information content (AvgIpc) is 2.31. The molecule has 1 aromatic rings. The Morgan fingerprint density at radius 1 is 1.69 bits per heavy atom. The van der Waals surface area contributed by atoms with Crippen molar-refractivity contribution in [1.82, 2.24) is 4.98 Å². The maximum Gasteiger partial charge on any atom is 0.183 e. The first-order chi connectivity index (χ1) is 5.88. The Hall–Kier alpha value is -0.740. The second-order valence-corrected chi connectivity index (χ2v) is 4.90. The second-order valence-electron chi connectivity index (χ2n) is 3.84. The number of hydrogen-bond acceptors (Lipinski definition) is 4. The van der Waals surface area contributed by atoms with Crippen LogP contribution in [-0.4, -0.2) is 16.3 Å². The molecule has 0 spiro atoms. The first-order valence-corrected chi connectivity index (χ1v) is 5.01. The van der Waals surface area contributed by atoms with E-state index in [9.17, 15) is 4.79 Å². The van der Waals surface area contributed by atoms with E-state index in [2.05, 4.69) is 4.98 Å². The van der Waals surface area contributed by atoms with Gasteiger partial charge in [-0.1, -0.05) is 0 Å². The third-order valence-electron chi connectivity index (χ3n) is 1.52. The van der Waals surface area contributed by atoms with E-state index >= 15 is 0 Å². The fraction of sp³-hybridized carbons (Fsp3) is 0.556. The van der Waals surface area contributed by atoms with Crippen LogP contribution < -0.4 is 5.73 Å². The van der Waals surface area contributed by atoms with E-state index < -0.39 is 5.54 Å². The van der Waals surface area contributed by atoms with E-state index in [0.717, 1.165) is 5.01 Å². The van der Waals surface area contributed by atoms with Crippen LogP contribution in [0.25, 0.3) is 0 Å². The normalized spacial score (nSPS) is 11.7. The lowest BCUT2D eigenvalue weighted by Gasteiger charge is -2.15. The second kappa shape index (κ2) is 3.55. The van der Waals surface area contributed by atoms with Crippen molar-refractivity contribution in [2.24, 2.45) is 5.73 Å². The van der Waals surface area contributed by atoms with E-state index in [1.807, 2.05) is 20.8 Å². The molecule has 0 aromatic carbocycles. The smallest absolute Gasteiger partial charge is 0.183 e. The van der Waals surface area contributed by atoms with E-state index in [4.69, 9.17) is 5.73 Å². The molecule has 0 atom stereocenters. The zero-order valence-electron chi connectivity index (χ0n) is 8.13. The molecule has 1 rings (SSSR count). The lowest BCUT2D eigenvalue weighted by molar-refractivity contribution is 0.0956. The van der Waals surface area contributed by atoms with Crippen molar-refractivity contribution >= 4 is 17.1 Å². The van der Waals surface area contributed by atoms with Crippen molar-refractivity contribution in [3.05, 3.63) is 16.1 Å². The zero-order chi connectivity index (χ0) is 10.1. The minimum Gasteiger partial charge on any atom is -0.325 e. The number of ketones is 1. The van der Waals surface area contributed by atoms with E-state index in [1.165, 1.54) is 11.3 Å². The van der Waals surface area contributed by atoms with Gasteiger partial charge in [0.1, 0.15) is 5.69 Å². The number of carbonyl (C=O) groups is 1. The third-order valence-corrected chi connectivity index (χ3v) is 2.29. The molecule has 0 aliphatic carbocycles. The predicted molar refractivity (Wildman–Crippen MR) is 54.1 cm³/mol. The van der Waals surface area contributed by atoms with Gasteiger partial charge < -0.3 is 5.73 Å². The van der Waals surface area contributed by atoms with E-state index in [0.29, 0.717) is 12.1 Å². The fourth-order valence-corrected chi connectivity index (χ4v) is 1.61. The molecule has 3 nitrogen and oxygen atoms in total. The molecule has 0 saturated heterocycles. The van der Waals surface area contributed by atoms with Gasteiger partial charge in [0.25, 0.3) is 0 Å². The first-order valence-electron chi connectivity index (χ1n) is 4.13. The zero-order valence-corrected chi connectivity index (χ0v) is 8.94. The highest BCUT2D eigenvalue weighted by molar-refractivity contribution is 7.09. The molecule has 0 aliphatic rings. The van der Waals surface area contributed by atoms with Crippen LogP contribution in [0.1, 0.15) is 35.8 Å². The lowest BCUT2D eigenvalue weighted by atomic mass is 9.98. The van der Waals surface area contributed by atoms with Crippen LogP contribution in [0, 0.1) is 6.92 Å². The molecule has 0 saturated carbocycles. The van der Waals surface area contributed by atoms with Crippen molar-refractivity contribution in [2.45, 2.75) is 32.7 Å². The number of rotatable bonds is 3. The maximum atomic E-state index is 11.5. The summed E-state index contributed by atoms with van der Waals surface area (Å²) in [6.07, 6.45) is 0.343. The predicted octanol–water partition coefficient (Wildman–Crippen LogP) is 1.76.